The number of rotatable bonds is 7. The molecule has 1 aliphatic carbocycles. The van der Waals surface area contributed by atoms with Crippen molar-refractivity contribution < 1.29 is 14.3 Å². The normalized spacial score (nSPS) is 15.4. The molecule has 116 valence electrons. The standard InChI is InChI=1S/C17H25NO3/c1-5-17(19)18(12(2)13-6-7-13)11-14-8-9-15(20-3)10-16(14)21-4/h8-10,12-13H,5-7,11H2,1-4H3. The minimum Gasteiger partial charge on any atom is -0.497 e. The lowest BCUT2D eigenvalue weighted by atomic mass is 10.1. The number of hydrogen-bond acceptors (Lipinski definition) is 3. The third kappa shape index (κ3) is 3.69. The molecule has 0 bridgehead atoms. The highest BCUT2D eigenvalue weighted by Gasteiger charge is 2.34. The largest absolute Gasteiger partial charge is 0.497 e. The number of carbonyl (C=O) groups is 1. The van der Waals surface area contributed by atoms with Crippen molar-refractivity contribution >= 4 is 5.91 Å². The van der Waals surface area contributed by atoms with Gasteiger partial charge in [0.2, 0.25) is 5.91 Å². The van der Waals surface area contributed by atoms with E-state index in [1.165, 1.54) is 12.8 Å². The molecule has 1 saturated carbocycles. The van der Waals surface area contributed by atoms with Crippen molar-refractivity contribution in [3.05, 3.63) is 23.8 Å². The fraction of sp³-hybridized carbons (Fsp3) is 0.588. The number of methoxy groups -OCH3 is 2. The van der Waals surface area contributed by atoms with Crippen LogP contribution >= 0.6 is 0 Å². The molecular weight excluding hydrogens is 266 g/mol. The Bertz CT molecular complexity index is 497. The van der Waals surface area contributed by atoms with E-state index in [1.807, 2.05) is 30.0 Å². The van der Waals surface area contributed by atoms with Crippen LogP contribution < -0.4 is 9.47 Å². The maximum absolute atomic E-state index is 12.3. The van der Waals surface area contributed by atoms with Gasteiger partial charge in [-0.3, -0.25) is 4.79 Å². The van der Waals surface area contributed by atoms with Gasteiger partial charge in [0.1, 0.15) is 11.5 Å². The molecule has 0 saturated heterocycles. The van der Waals surface area contributed by atoms with Gasteiger partial charge in [0.15, 0.2) is 0 Å². The lowest BCUT2D eigenvalue weighted by molar-refractivity contribution is -0.134. The molecule has 1 amide bonds. The van der Waals surface area contributed by atoms with Gasteiger partial charge in [-0.2, -0.15) is 0 Å². The highest BCUT2D eigenvalue weighted by atomic mass is 16.5. The molecule has 1 aliphatic rings. The Morgan fingerprint density at radius 1 is 1.33 bits per heavy atom. The average Bonchev–Trinajstić information content (AvgIpc) is 3.36. The maximum Gasteiger partial charge on any atom is 0.222 e. The second-order valence-corrected chi connectivity index (χ2v) is 5.63. The van der Waals surface area contributed by atoms with Gasteiger partial charge in [0.25, 0.3) is 0 Å². The Hall–Kier alpha value is -1.71. The monoisotopic (exact) mass is 291 g/mol. The molecule has 1 atom stereocenters. The predicted molar refractivity (Wildman–Crippen MR) is 82.6 cm³/mol. The maximum atomic E-state index is 12.3. The number of nitrogens with zero attached hydrogens (tertiary/aromatic N) is 1. The zero-order valence-corrected chi connectivity index (χ0v) is 13.4. The molecule has 0 spiro atoms. The summed E-state index contributed by atoms with van der Waals surface area (Å²) in [7, 11) is 3.28. The van der Waals surface area contributed by atoms with Crippen molar-refractivity contribution in [2.24, 2.45) is 5.92 Å². The Balaban J connectivity index is 2.21. The average molecular weight is 291 g/mol. The van der Waals surface area contributed by atoms with Crippen LogP contribution in [0.2, 0.25) is 0 Å². The summed E-state index contributed by atoms with van der Waals surface area (Å²) in [5.74, 6) is 2.39. The van der Waals surface area contributed by atoms with Gasteiger partial charge in [0, 0.05) is 30.6 Å². The first kappa shape index (κ1) is 15.7. The number of carbonyl (C=O) groups excluding carboxylic acids is 1. The zero-order valence-electron chi connectivity index (χ0n) is 13.4. The molecule has 4 heteroatoms. The third-order valence-electron chi connectivity index (χ3n) is 4.25. The summed E-state index contributed by atoms with van der Waals surface area (Å²) >= 11 is 0. The summed E-state index contributed by atoms with van der Waals surface area (Å²) in [6.07, 6.45) is 3.00. The van der Waals surface area contributed by atoms with Gasteiger partial charge in [-0.25, -0.2) is 0 Å². The van der Waals surface area contributed by atoms with Gasteiger partial charge in [-0.1, -0.05) is 6.92 Å². The lowest BCUT2D eigenvalue weighted by Crippen LogP contribution is -2.39. The summed E-state index contributed by atoms with van der Waals surface area (Å²) in [6, 6.07) is 6.05. The van der Waals surface area contributed by atoms with Crippen molar-refractivity contribution in [3.63, 3.8) is 0 Å². The van der Waals surface area contributed by atoms with Crippen LogP contribution in [0.4, 0.5) is 0 Å². The van der Waals surface area contributed by atoms with Gasteiger partial charge >= 0.3 is 0 Å². The highest BCUT2D eigenvalue weighted by Crippen LogP contribution is 2.36. The van der Waals surface area contributed by atoms with E-state index in [0.717, 1.165) is 17.1 Å². The lowest BCUT2D eigenvalue weighted by Gasteiger charge is -2.30. The van der Waals surface area contributed by atoms with Crippen LogP contribution in [0.3, 0.4) is 0 Å². The molecule has 1 aromatic rings. The third-order valence-corrected chi connectivity index (χ3v) is 4.25. The van der Waals surface area contributed by atoms with E-state index in [2.05, 4.69) is 6.92 Å². The summed E-state index contributed by atoms with van der Waals surface area (Å²) < 4.78 is 10.7. The zero-order chi connectivity index (χ0) is 15.4. The molecule has 1 aromatic carbocycles. The van der Waals surface area contributed by atoms with E-state index in [0.29, 0.717) is 24.9 Å². The fourth-order valence-corrected chi connectivity index (χ4v) is 2.66. The van der Waals surface area contributed by atoms with Crippen LogP contribution in [0, 0.1) is 5.92 Å². The smallest absolute Gasteiger partial charge is 0.222 e. The SMILES string of the molecule is CCC(=O)N(Cc1ccc(OC)cc1OC)C(C)C1CC1. The first-order valence-electron chi connectivity index (χ1n) is 7.61. The van der Waals surface area contributed by atoms with E-state index in [4.69, 9.17) is 9.47 Å². The van der Waals surface area contributed by atoms with E-state index in [1.54, 1.807) is 14.2 Å². The molecule has 21 heavy (non-hydrogen) atoms. The van der Waals surface area contributed by atoms with E-state index >= 15 is 0 Å². The minimum atomic E-state index is 0.201. The topological polar surface area (TPSA) is 38.8 Å². The Labute approximate surface area is 127 Å². The molecule has 0 heterocycles. The van der Waals surface area contributed by atoms with E-state index in [-0.39, 0.29) is 5.91 Å². The number of amides is 1. The predicted octanol–water partition coefficient (Wildman–Crippen LogP) is 3.24. The first-order valence-corrected chi connectivity index (χ1v) is 7.61. The van der Waals surface area contributed by atoms with Crippen molar-refractivity contribution in [1.29, 1.82) is 0 Å². The molecule has 0 aliphatic heterocycles. The van der Waals surface area contributed by atoms with E-state index < -0.39 is 0 Å². The Morgan fingerprint density at radius 2 is 2.05 bits per heavy atom. The first-order chi connectivity index (χ1) is 10.1. The number of benzene rings is 1. The fourth-order valence-electron chi connectivity index (χ4n) is 2.66. The van der Waals surface area contributed by atoms with Crippen molar-refractivity contribution in [1.82, 2.24) is 4.90 Å². The summed E-state index contributed by atoms with van der Waals surface area (Å²) in [4.78, 5) is 14.3. The molecule has 0 aromatic heterocycles. The Kier molecular flexibility index (Phi) is 5.10. The van der Waals surface area contributed by atoms with Crippen LogP contribution in [0.1, 0.15) is 38.7 Å². The summed E-state index contributed by atoms with van der Waals surface area (Å²) in [6.45, 7) is 4.67. The van der Waals surface area contributed by atoms with Crippen LogP contribution in [0.15, 0.2) is 18.2 Å². The Morgan fingerprint density at radius 3 is 2.57 bits per heavy atom. The molecule has 1 fully saturated rings. The molecule has 0 N–H and O–H groups in total. The minimum absolute atomic E-state index is 0.201. The van der Waals surface area contributed by atoms with Crippen LogP contribution in [-0.4, -0.2) is 31.1 Å². The summed E-state index contributed by atoms with van der Waals surface area (Å²) in [5.41, 5.74) is 1.02. The highest BCUT2D eigenvalue weighted by molar-refractivity contribution is 5.76. The van der Waals surface area contributed by atoms with E-state index in [9.17, 15) is 4.79 Å². The van der Waals surface area contributed by atoms with Gasteiger partial charge in [-0.15, -0.1) is 0 Å². The molecular formula is C17H25NO3. The molecule has 0 radical (unpaired) electrons. The van der Waals surface area contributed by atoms with Gasteiger partial charge < -0.3 is 14.4 Å². The molecule has 4 nitrogen and oxygen atoms in total. The molecule has 2 rings (SSSR count). The second-order valence-electron chi connectivity index (χ2n) is 5.63. The van der Waals surface area contributed by atoms with Crippen LogP contribution in [0.5, 0.6) is 11.5 Å². The van der Waals surface area contributed by atoms with Gasteiger partial charge in [0.05, 0.1) is 14.2 Å². The van der Waals surface area contributed by atoms with Crippen molar-refractivity contribution in [2.45, 2.75) is 45.7 Å². The molecule has 1 unspecified atom stereocenters. The second kappa shape index (κ2) is 6.83. The van der Waals surface area contributed by atoms with Crippen molar-refractivity contribution in [2.75, 3.05) is 14.2 Å². The number of hydrogen-bond donors (Lipinski definition) is 0. The number of ether oxygens (including phenoxy) is 2. The van der Waals surface area contributed by atoms with Crippen molar-refractivity contribution in [3.8, 4) is 11.5 Å². The quantitative estimate of drug-likeness (QED) is 0.774. The van der Waals surface area contributed by atoms with Crippen LogP contribution in [0.25, 0.3) is 0 Å². The van der Waals surface area contributed by atoms with Crippen LogP contribution in [-0.2, 0) is 11.3 Å². The van der Waals surface area contributed by atoms with Gasteiger partial charge in [-0.05, 0) is 37.8 Å². The summed E-state index contributed by atoms with van der Waals surface area (Å²) in [5, 5.41) is 0.